The number of carboxylic acids is 1. The van der Waals surface area contributed by atoms with Crippen molar-refractivity contribution in [3.05, 3.63) is 34.3 Å². The van der Waals surface area contributed by atoms with Crippen LogP contribution in [0.1, 0.15) is 31.9 Å². The van der Waals surface area contributed by atoms with Gasteiger partial charge in [0.1, 0.15) is 0 Å². The summed E-state index contributed by atoms with van der Waals surface area (Å²) < 4.78 is 26.5. The molecule has 1 rings (SSSR count). The van der Waals surface area contributed by atoms with Gasteiger partial charge in [0.05, 0.1) is 0 Å². The van der Waals surface area contributed by atoms with Gasteiger partial charge in [-0.2, -0.15) is 8.78 Å². The molecule has 17 heavy (non-hydrogen) atoms. The summed E-state index contributed by atoms with van der Waals surface area (Å²) in [7, 11) is 0. The first-order chi connectivity index (χ1) is 7.56. The lowest BCUT2D eigenvalue weighted by Crippen LogP contribution is -2.25. The molecule has 94 valence electrons. The first-order valence-corrected chi connectivity index (χ1v) is 5.36. The third kappa shape index (κ3) is 2.75. The maximum atomic E-state index is 13.2. The van der Waals surface area contributed by atoms with Crippen LogP contribution in [0.5, 0.6) is 0 Å². The van der Waals surface area contributed by atoms with Crippen LogP contribution in [0, 0.1) is 0 Å². The van der Waals surface area contributed by atoms with E-state index in [2.05, 4.69) is 0 Å². The smallest absolute Gasteiger partial charge is 0.379 e. The van der Waals surface area contributed by atoms with E-state index < -0.39 is 17.5 Å². The molecule has 0 radical (unpaired) electrons. The van der Waals surface area contributed by atoms with Gasteiger partial charge >= 0.3 is 11.9 Å². The fourth-order valence-electron chi connectivity index (χ4n) is 1.44. The molecular weight excluding hydrogens is 250 g/mol. The van der Waals surface area contributed by atoms with Crippen LogP contribution in [-0.4, -0.2) is 11.1 Å². The number of halogens is 3. The lowest BCUT2D eigenvalue weighted by molar-refractivity contribution is -0.166. The van der Waals surface area contributed by atoms with Crippen molar-refractivity contribution >= 4 is 17.6 Å². The molecule has 0 bridgehead atoms. The molecule has 0 spiro atoms. The summed E-state index contributed by atoms with van der Waals surface area (Å²) in [5.41, 5.74) is -0.194. The van der Waals surface area contributed by atoms with Crippen LogP contribution in [0.15, 0.2) is 18.2 Å². The molecule has 0 aliphatic carbocycles. The van der Waals surface area contributed by atoms with E-state index in [1.807, 2.05) is 20.8 Å². The Kier molecular flexibility index (Phi) is 3.48. The molecule has 1 aromatic carbocycles. The van der Waals surface area contributed by atoms with Crippen molar-refractivity contribution in [1.29, 1.82) is 0 Å². The Labute approximate surface area is 103 Å². The fraction of sp³-hybridized carbons (Fsp3) is 0.417. The molecule has 0 saturated carbocycles. The largest absolute Gasteiger partial charge is 0.477 e. The highest BCUT2D eigenvalue weighted by Gasteiger charge is 2.41. The van der Waals surface area contributed by atoms with Crippen molar-refractivity contribution < 1.29 is 18.7 Å². The van der Waals surface area contributed by atoms with Crippen LogP contribution in [0.25, 0.3) is 0 Å². The van der Waals surface area contributed by atoms with E-state index >= 15 is 0 Å². The number of hydrogen-bond acceptors (Lipinski definition) is 1. The highest BCUT2D eigenvalue weighted by atomic mass is 35.5. The number of hydrogen-bond donors (Lipinski definition) is 1. The summed E-state index contributed by atoms with van der Waals surface area (Å²) >= 11 is 5.90. The molecule has 0 aliphatic rings. The zero-order valence-corrected chi connectivity index (χ0v) is 10.5. The zero-order chi connectivity index (χ0) is 13.4. The van der Waals surface area contributed by atoms with Crippen molar-refractivity contribution in [2.24, 2.45) is 0 Å². The van der Waals surface area contributed by atoms with Crippen LogP contribution in [0.4, 0.5) is 8.78 Å². The summed E-state index contributed by atoms with van der Waals surface area (Å²) in [6.45, 7) is 5.68. The standard InChI is InChI=1S/C12H13ClF2O2/c1-11(2,3)8-5-4-7(6-9(8)13)12(14,15)10(16)17/h4-6H,1-3H3,(H,16,17). The number of rotatable bonds is 2. The molecule has 0 amide bonds. The van der Waals surface area contributed by atoms with Gasteiger partial charge in [-0.1, -0.05) is 44.5 Å². The number of carbonyl (C=O) groups is 1. The van der Waals surface area contributed by atoms with E-state index in [1.54, 1.807) is 0 Å². The van der Waals surface area contributed by atoms with E-state index in [9.17, 15) is 13.6 Å². The molecular formula is C12H13ClF2O2. The normalized spacial score (nSPS) is 12.6. The minimum Gasteiger partial charge on any atom is -0.477 e. The molecule has 0 heterocycles. The predicted molar refractivity (Wildman–Crippen MR) is 61.7 cm³/mol. The Bertz CT molecular complexity index is 450. The summed E-state index contributed by atoms with van der Waals surface area (Å²) in [6.07, 6.45) is 0. The molecule has 0 fully saturated rings. The Balaban J connectivity index is 3.27. The van der Waals surface area contributed by atoms with Crippen LogP contribution in [0.2, 0.25) is 5.02 Å². The van der Waals surface area contributed by atoms with E-state index in [-0.39, 0.29) is 10.4 Å². The first kappa shape index (κ1) is 13.9. The SMILES string of the molecule is CC(C)(C)c1ccc(C(F)(F)C(=O)O)cc1Cl. The Hall–Kier alpha value is -1.16. The number of alkyl halides is 2. The molecule has 0 aliphatic heterocycles. The minimum absolute atomic E-state index is 0.149. The molecule has 0 atom stereocenters. The minimum atomic E-state index is -3.92. The summed E-state index contributed by atoms with van der Waals surface area (Å²) in [4.78, 5) is 10.4. The second-order valence-electron chi connectivity index (χ2n) is 4.82. The molecule has 1 N–H and O–H groups in total. The third-order valence-electron chi connectivity index (χ3n) is 2.41. The highest BCUT2D eigenvalue weighted by Crippen LogP contribution is 2.35. The fourth-order valence-corrected chi connectivity index (χ4v) is 1.91. The van der Waals surface area contributed by atoms with E-state index in [4.69, 9.17) is 16.7 Å². The van der Waals surface area contributed by atoms with Crippen LogP contribution >= 0.6 is 11.6 Å². The summed E-state index contributed by atoms with van der Waals surface area (Å²) in [6, 6.07) is 3.55. The van der Waals surface area contributed by atoms with Crippen LogP contribution < -0.4 is 0 Å². The van der Waals surface area contributed by atoms with Gasteiger partial charge in [0.25, 0.3) is 0 Å². The maximum absolute atomic E-state index is 13.2. The number of benzene rings is 1. The lowest BCUT2D eigenvalue weighted by Gasteiger charge is -2.22. The van der Waals surface area contributed by atoms with Gasteiger partial charge in [-0.25, -0.2) is 4.79 Å². The first-order valence-electron chi connectivity index (χ1n) is 4.98. The van der Waals surface area contributed by atoms with Crippen molar-refractivity contribution in [2.45, 2.75) is 32.1 Å². The predicted octanol–water partition coefficient (Wildman–Crippen LogP) is 3.81. The van der Waals surface area contributed by atoms with Gasteiger partial charge in [-0.3, -0.25) is 0 Å². The van der Waals surface area contributed by atoms with Crippen LogP contribution in [-0.2, 0) is 16.1 Å². The Morgan fingerprint density at radius 3 is 2.18 bits per heavy atom. The molecule has 5 heteroatoms. The second kappa shape index (κ2) is 4.26. The van der Waals surface area contributed by atoms with Gasteiger partial charge in [0.15, 0.2) is 0 Å². The second-order valence-corrected chi connectivity index (χ2v) is 5.23. The molecule has 0 unspecified atom stereocenters. The van der Waals surface area contributed by atoms with Gasteiger partial charge < -0.3 is 5.11 Å². The van der Waals surface area contributed by atoms with Crippen molar-refractivity contribution in [3.63, 3.8) is 0 Å². The van der Waals surface area contributed by atoms with Gasteiger partial charge in [0.2, 0.25) is 0 Å². The molecule has 1 aromatic rings. The molecule has 0 saturated heterocycles. The zero-order valence-electron chi connectivity index (χ0n) is 9.72. The average Bonchev–Trinajstić information content (AvgIpc) is 2.15. The van der Waals surface area contributed by atoms with Gasteiger partial charge in [0, 0.05) is 10.6 Å². The van der Waals surface area contributed by atoms with Gasteiger partial charge in [-0.15, -0.1) is 0 Å². The van der Waals surface area contributed by atoms with Gasteiger partial charge in [-0.05, 0) is 17.0 Å². The third-order valence-corrected chi connectivity index (χ3v) is 2.72. The van der Waals surface area contributed by atoms with E-state index in [1.165, 1.54) is 6.07 Å². The van der Waals surface area contributed by atoms with Crippen molar-refractivity contribution in [3.8, 4) is 0 Å². The summed E-state index contributed by atoms with van der Waals surface area (Å²) in [5.74, 6) is -6.10. The molecule has 0 aromatic heterocycles. The number of aliphatic carboxylic acids is 1. The van der Waals surface area contributed by atoms with Crippen LogP contribution in [0.3, 0.4) is 0 Å². The Morgan fingerprint density at radius 1 is 1.29 bits per heavy atom. The molecule has 2 nitrogen and oxygen atoms in total. The number of carboxylic acid groups (broad SMARTS) is 1. The quantitative estimate of drug-likeness (QED) is 0.880. The summed E-state index contributed by atoms with van der Waals surface area (Å²) in [5, 5.41) is 8.57. The Morgan fingerprint density at radius 2 is 1.82 bits per heavy atom. The lowest BCUT2D eigenvalue weighted by atomic mass is 9.86. The maximum Gasteiger partial charge on any atom is 0.379 e. The van der Waals surface area contributed by atoms with E-state index in [0.29, 0.717) is 5.56 Å². The van der Waals surface area contributed by atoms with E-state index in [0.717, 1.165) is 12.1 Å². The average molecular weight is 263 g/mol. The van der Waals surface area contributed by atoms with Crippen molar-refractivity contribution in [2.75, 3.05) is 0 Å². The highest BCUT2D eigenvalue weighted by molar-refractivity contribution is 6.31. The van der Waals surface area contributed by atoms with Crippen molar-refractivity contribution in [1.82, 2.24) is 0 Å². The monoisotopic (exact) mass is 262 g/mol. The topological polar surface area (TPSA) is 37.3 Å².